The monoisotopic (exact) mass is 149 g/mol. The third kappa shape index (κ3) is 0.727. The number of nitrogens with zero attached hydrogens (tertiary/aromatic N) is 1. The first-order valence-electron chi connectivity index (χ1n) is 3.17. The standard InChI is InChI=1S/C8H7NS/c1-6-7-3-5-10-8(7)2-4-9-6/h2-5H,1H3. The van der Waals surface area contributed by atoms with Gasteiger partial charge in [-0.25, -0.2) is 0 Å². The highest BCUT2D eigenvalue weighted by Crippen LogP contribution is 2.21. The van der Waals surface area contributed by atoms with E-state index in [0.717, 1.165) is 5.69 Å². The van der Waals surface area contributed by atoms with Gasteiger partial charge in [0.15, 0.2) is 0 Å². The fraction of sp³-hybridized carbons (Fsp3) is 0.125. The molecule has 0 aromatic carbocycles. The van der Waals surface area contributed by atoms with Gasteiger partial charge in [-0.2, -0.15) is 0 Å². The van der Waals surface area contributed by atoms with Crippen molar-refractivity contribution in [3.05, 3.63) is 29.4 Å². The maximum atomic E-state index is 4.19. The number of aryl methyl sites for hydroxylation is 1. The molecule has 0 amide bonds. The Labute approximate surface area is 63.3 Å². The molecular formula is C8H7NS. The molecule has 2 heteroatoms. The summed E-state index contributed by atoms with van der Waals surface area (Å²) in [4.78, 5) is 4.19. The average molecular weight is 149 g/mol. The molecule has 0 bridgehead atoms. The van der Waals surface area contributed by atoms with Gasteiger partial charge >= 0.3 is 0 Å². The van der Waals surface area contributed by atoms with Crippen LogP contribution in [0, 0.1) is 6.92 Å². The molecule has 10 heavy (non-hydrogen) atoms. The molecule has 0 aliphatic rings. The molecule has 0 fully saturated rings. The first kappa shape index (κ1) is 5.86. The molecular weight excluding hydrogens is 142 g/mol. The van der Waals surface area contributed by atoms with E-state index in [9.17, 15) is 0 Å². The maximum Gasteiger partial charge on any atom is 0.0459 e. The quantitative estimate of drug-likeness (QED) is 0.561. The van der Waals surface area contributed by atoms with Crippen LogP contribution in [-0.4, -0.2) is 4.98 Å². The molecule has 0 spiro atoms. The van der Waals surface area contributed by atoms with Crippen LogP contribution in [0.15, 0.2) is 23.7 Å². The van der Waals surface area contributed by atoms with Crippen molar-refractivity contribution in [3.63, 3.8) is 0 Å². The third-order valence-corrected chi connectivity index (χ3v) is 2.46. The molecule has 0 unspecified atom stereocenters. The van der Waals surface area contributed by atoms with Gasteiger partial charge in [-0.05, 0) is 24.4 Å². The number of rotatable bonds is 0. The van der Waals surface area contributed by atoms with Gasteiger partial charge in [0.05, 0.1) is 0 Å². The Morgan fingerprint density at radius 2 is 2.30 bits per heavy atom. The van der Waals surface area contributed by atoms with Crippen molar-refractivity contribution in [2.45, 2.75) is 6.92 Å². The van der Waals surface area contributed by atoms with Crippen molar-refractivity contribution in [3.8, 4) is 0 Å². The van der Waals surface area contributed by atoms with Crippen molar-refractivity contribution in [2.75, 3.05) is 0 Å². The lowest BCUT2D eigenvalue weighted by Crippen LogP contribution is -1.76. The third-order valence-electron chi connectivity index (χ3n) is 1.58. The highest BCUT2D eigenvalue weighted by atomic mass is 32.1. The second-order valence-corrected chi connectivity index (χ2v) is 3.18. The van der Waals surface area contributed by atoms with E-state index in [1.165, 1.54) is 10.1 Å². The number of fused-ring (bicyclic) bond motifs is 1. The predicted molar refractivity (Wildman–Crippen MR) is 44.4 cm³/mol. The van der Waals surface area contributed by atoms with Gasteiger partial charge in [0, 0.05) is 22.0 Å². The summed E-state index contributed by atoms with van der Waals surface area (Å²) in [6.07, 6.45) is 1.86. The van der Waals surface area contributed by atoms with Gasteiger partial charge in [-0.15, -0.1) is 11.3 Å². The molecule has 50 valence electrons. The number of aromatic nitrogens is 1. The second-order valence-electron chi connectivity index (χ2n) is 2.23. The Morgan fingerprint density at radius 1 is 1.40 bits per heavy atom. The van der Waals surface area contributed by atoms with E-state index in [1.807, 2.05) is 19.2 Å². The van der Waals surface area contributed by atoms with Gasteiger partial charge in [0.2, 0.25) is 0 Å². The fourth-order valence-electron chi connectivity index (χ4n) is 1.04. The second kappa shape index (κ2) is 2.06. The summed E-state index contributed by atoms with van der Waals surface area (Å²) in [5, 5.41) is 3.38. The van der Waals surface area contributed by atoms with Crippen LogP contribution in [-0.2, 0) is 0 Å². The van der Waals surface area contributed by atoms with Crippen LogP contribution >= 0.6 is 11.3 Å². The molecule has 0 N–H and O–H groups in total. The Balaban J connectivity index is 2.95. The van der Waals surface area contributed by atoms with E-state index >= 15 is 0 Å². The Kier molecular flexibility index (Phi) is 1.21. The van der Waals surface area contributed by atoms with Crippen LogP contribution < -0.4 is 0 Å². The number of thiophene rings is 1. The Hall–Kier alpha value is -0.890. The van der Waals surface area contributed by atoms with E-state index in [2.05, 4.69) is 16.4 Å². The fourth-order valence-corrected chi connectivity index (χ4v) is 1.87. The van der Waals surface area contributed by atoms with Gasteiger partial charge in [0.1, 0.15) is 0 Å². The molecule has 0 atom stereocenters. The van der Waals surface area contributed by atoms with Crippen LogP contribution in [0.4, 0.5) is 0 Å². The summed E-state index contributed by atoms with van der Waals surface area (Å²) in [6.45, 7) is 2.04. The van der Waals surface area contributed by atoms with Crippen molar-refractivity contribution in [1.29, 1.82) is 0 Å². The van der Waals surface area contributed by atoms with Gasteiger partial charge in [-0.1, -0.05) is 0 Å². The van der Waals surface area contributed by atoms with Gasteiger partial charge in [0.25, 0.3) is 0 Å². The number of pyridine rings is 1. The number of hydrogen-bond donors (Lipinski definition) is 0. The molecule has 2 aromatic heterocycles. The van der Waals surface area contributed by atoms with E-state index in [1.54, 1.807) is 11.3 Å². The molecule has 0 aliphatic carbocycles. The summed E-state index contributed by atoms with van der Waals surface area (Å²) < 4.78 is 1.33. The van der Waals surface area contributed by atoms with Crippen LogP contribution in [0.3, 0.4) is 0 Å². The summed E-state index contributed by atoms with van der Waals surface area (Å²) in [7, 11) is 0. The minimum Gasteiger partial charge on any atom is -0.261 e. The lowest BCUT2D eigenvalue weighted by Gasteiger charge is -1.90. The van der Waals surface area contributed by atoms with Crippen LogP contribution in [0.2, 0.25) is 0 Å². The topological polar surface area (TPSA) is 12.9 Å². The van der Waals surface area contributed by atoms with E-state index < -0.39 is 0 Å². The smallest absolute Gasteiger partial charge is 0.0459 e. The molecule has 0 aliphatic heterocycles. The molecule has 0 saturated heterocycles. The van der Waals surface area contributed by atoms with Gasteiger partial charge < -0.3 is 0 Å². The molecule has 2 aromatic rings. The minimum absolute atomic E-state index is 1.12. The molecule has 0 saturated carbocycles. The van der Waals surface area contributed by atoms with Crippen molar-refractivity contribution in [1.82, 2.24) is 4.98 Å². The summed E-state index contributed by atoms with van der Waals surface area (Å²) >= 11 is 1.76. The van der Waals surface area contributed by atoms with E-state index in [0.29, 0.717) is 0 Å². The molecule has 0 radical (unpaired) electrons. The SMILES string of the molecule is Cc1nccc2sccc12. The first-order chi connectivity index (χ1) is 4.88. The van der Waals surface area contributed by atoms with Gasteiger partial charge in [-0.3, -0.25) is 4.98 Å². The first-order valence-corrected chi connectivity index (χ1v) is 4.05. The molecule has 2 heterocycles. The lowest BCUT2D eigenvalue weighted by molar-refractivity contribution is 1.24. The van der Waals surface area contributed by atoms with Crippen LogP contribution in [0.5, 0.6) is 0 Å². The summed E-state index contributed by atoms with van der Waals surface area (Å²) in [6, 6.07) is 4.16. The zero-order valence-electron chi connectivity index (χ0n) is 5.66. The van der Waals surface area contributed by atoms with Crippen LogP contribution in [0.1, 0.15) is 5.69 Å². The highest BCUT2D eigenvalue weighted by Gasteiger charge is 1.95. The van der Waals surface area contributed by atoms with Crippen molar-refractivity contribution >= 4 is 21.4 Å². The maximum absolute atomic E-state index is 4.19. The lowest BCUT2D eigenvalue weighted by atomic mass is 10.3. The van der Waals surface area contributed by atoms with Crippen LogP contribution in [0.25, 0.3) is 10.1 Å². The highest BCUT2D eigenvalue weighted by molar-refractivity contribution is 7.17. The predicted octanol–water partition coefficient (Wildman–Crippen LogP) is 2.60. The summed E-state index contributed by atoms with van der Waals surface area (Å²) in [5.74, 6) is 0. The van der Waals surface area contributed by atoms with E-state index in [4.69, 9.17) is 0 Å². The average Bonchev–Trinajstić information content (AvgIpc) is 2.36. The Bertz CT molecular complexity index is 351. The zero-order valence-corrected chi connectivity index (χ0v) is 6.48. The normalized spacial score (nSPS) is 10.5. The minimum atomic E-state index is 1.12. The number of hydrogen-bond acceptors (Lipinski definition) is 2. The van der Waals surface area contributed by atoms with Crippen molar-refractivity contribution < 1.29 is 0 Å². The van der Waals surface area contributed by atoms with E-state index in [-0.39, 0.29) is 0 Å². The molecule has 2 rings (SSSR count). The Morgan fingerprint density at radius 3 is 3.10 bits per heavy atom. The molecule has 1 nitrogen and oxygen atoms in total. The largest absolute Gasteiger partial charge is 0.261 e. The summed E-state index contributed by atoms with van der Waals surface area (Å²) in [5.41, 5.74) is 1.12. The zero-order chi connectivity index (χ0) is 6.97. The van der Waals surface area contributed by atoms with Crippen molar-refractivity contribution in [2.24, 2.45) is 0 Å².